The topological polar surface area (TPSA) is 55.3 Å². The van der Waals surface area contributed by atoms with Gasteiger partial charge < -0.3 is 9.64 Å². The zero-order valence-electron chi connectivity index (χ0n) is 12.6. The Morgan fingerprint density at radius 1 is 1.29 bits per heavy atom. The van der Waals surface area contributed by atoms with Crippen LogP contribution in [0.2, 0.25) is 0 Å². The highest BCUT2D eigenvalue weighted by Crippen LogP contribution is 2.28. The summed E-state index contributed by atoms with van der Waals surface area (Å²) in [4.78, 5) is 22.8. The van der Waals surface area contributed by atoms with Crippen LogP contribution in [0.25, 0.3) is 0 Å². The summed E-state index contributed by atoms with van der Waals surface area (Å²) in [5, 5.41) is 0. The number of piperidine rings is 1. The fraction of sp³-hybridized carbons (Fsp3) is 0.688. The summed E-state index contributed by atoms with van der Waals surface area (Å²) in [6.07, 6.45) is 8.28. The van der Waals surface area contributed by atoms with Crippen LogP contribution in [0.15, 0.2) is 12.3 Å². The average Bonchev–Trinajstić information content (AvgIpc) is 3.01. The van der Waals surface area contributed by atoms with Gasteiger partial charge in [0.25, 0.3) is 0 Å². The first-order valence-corrected chi connectivity index (χ1v) is 7.97. The fourth-order valence-electron chi connectivity index (χ4n) is 3.34. The predicted octanol–water partition coefficient (Wildman–Crippen LogP) is 2.35. The van der Waals surface area contributed by atoms with Gasteiger partial charge in [-0.3, -0.25) is 4.79 Å². The Morgan fingerprint density at radius 2 is 2.10 bits per heavy atom. The molecule has 2 aliphatic rings. The van der Waals surface area contributed by atoms with Gasteiger partial charge in [-0.05, 0) is 32.6 Å². The molecule has 0 radical (unpaired) electrons. The monoisotopic (exact) mass is 289 g/mol. The molecule has 1 aliphatic heterocycles. The van der Waals surface area contributed by atoms with E-state index in [4.69, 9.17) is 4.74 Å². The van der Waals surface area contributed by atoms with E-state index in [0.717, 1.165) is 32.2 Å². The number of likely N-dealkylation sites (tertiary alicyclic amines) is 1. The van der Waals surface area contributed by atoms with Crippen molar-refractivity contribution in [2.45, 2.75) is 51.6 Å². The van der Waals surface area contributed by atoms with E-state index >= 15 is 0 Å². The third kappa shape index (κ3) is 3.52. The number of aryl methyl sites for hydroxylation is 1. The molecule has 2 fully saturated rings. The maximum atomic E-state index is 12.5. The highest BCUT2D eigenvalue weighted by molar-refractivity contribution is 5.79. The van der Waals surface area contributed by atoms with Gasteiger partial charge in [-0.15, -0.1) is 0 Å². The van der Waals surface area contributed by atoms with Crippen LogP contribution >= 0.6 is 0 Å². The molecule has 114 valence electrons. The molecule has 2 heterocycles. The van der Waals surface area contributed by atoms with E-state index in [2.05, 4.69) is 9.97 Å². The Hall–Kier alpha value is -1.65. The molecule has 1 aliphatic carbocycles. The van der Waals surface area contributed by atoms with Crippen molar-refractivity contribution >= 4 is 5.91 Å². The van der Waals surface area contributed by atoms with Gasteiger partial charge in [-0.25, -0.2) is 4.98 Å². The van der Waals surface area contributed by atoms with Crippen LogP contribution in [0.3, 0.4) is 0 Å². The van der Waals surface area contributed by atoms with Crippen molar-refractivity contribution < 1.29 is 9.53 Å². The average molecular weight is 289 g/mol. The largest absolute Gasteiger partial charge is 0.472 e. The Bertz CT molecular complexity index is 500. The number of carbonyl (C=O) groups is 1. The molecule has 0 N–H and O–H groups in total. The fourth-order valence-corrected chi connectivity index (χ4v) is 3.34. The number of amides is 1. The minimum Gasteiger partial charge on any atom is -0.472 e. The number of carbonyl (C=O) groups excluding carboxylic acids is 1. The van der Waals surface area contributed by atoms with Crippen LogP contribution in [-0.2, 0) is 4.79 Å². The van der Waals surface area contributed by atoms with Gasteiger partial charge in [0.15, 0.2) is 0 Å². The first-order valence-electron chi connectivity index (χ1n) is 7.97. The molecule has 5 nitrogen and oxygen atoms in total. The minimum atomic E-state index is 0.0541. The minimum absolute atomic E-state index is 0.0541. The number of ether oxygens (including phenoxy) is 1. The summed E-state index contributed by atoms with van der Waals surface area (Å²) in [6.45, 7) is 3.42. The highest BCUT2D eigenvalue weighted by Gasteiger charge is 2.31. The van der Waals surface area contributed by atoms with Gasteiger partial charge in [0, 0.05) is 24.7 Å². The van der Waals surface area contributed by atoms with E-state index in [1.165, 1.54) is 12.8 Å². The Labute approximate surface area is 125 Å². The van der Waals surface area contributed by atoms with Crippen LogP contribution in [0.4, 0.5) is 0 Å². The molecule has 0 bridgehead atoms. The molecule has 1 aromatic rings. The Balaban J connectivity index is 1.59. The molecule has 1 atom stereocenters. The molecular weight excluding hydrogens is 266 g/mol. The third-order valence-electron chi connectivity index (χ3n) is 4.43. The van der Waals surface area contributed by atoms with Crippen LogP contribution in [-0.4, -0.2) is 40.0 Å². The SMILES string of the molecule is Cc1nccc(OC2CCCN(C(=O)C3CCCC3)C2)n1. The lowest BCUT2D eigenvalue weighted by Crippen LogP contribution is -2.46. The second-order valence-electron chi connectivity index (χ2n) is 6.09. The molecule has 1 unspecified atom stereocenters. The summed E-state index contributed by atoms with van der Waals surface area (Å²) in [7, 11) is 0. The first kappa shape index (κ1) is 14.3. The molecule has 1 amide bonds. The van der Waals surface area contributed by atoms with E-state index in [1.807, 2.05) is 11.8 Å². The van der Waals surface area contributed by atoms with Crippen molar-refractivity contribution in [2.24, 2.45) is 5.92 Å². The van der Waals surface area contributed by atoms with E-state index in [-0.39, 0.29) is 12.0 Å². The van der Waals surface area contributed by atoms with E-state index in [9.17, 15) is 4.79 Å². The lowest BCUT2D eigenvalue weighted by atomic mass is 10.0. The smallest absolute Gasteiger partial charge is 0.225 e. The predicted molar refractivity (Wildman–Crippen MR) is 79.0 cm³/mol. The van der Waals surface area contributed by atoms with Crippen molar-refractivity contribution in [3.8, 4) is 5.88 Å². The lowest BCUT2D eigenvalue weighted by Gasteiger charge is -2.34. The van der Waals surface area contributed by atoms with Gasteiger partial charge >= 0.3 is 0 Å². The van der Waals surface area contributed by atoms with Gasteiger partial charge in [0.05, 0.1) is 6.54 Å². The van der Waals surface area contributed by atoms with Gasteiger partial charge in [0.1, 0.15) is 11.9 Å². The van der Waals surface area contributed by atoms with Gasteiger partial charge in [0.2, 0.25) is 11.8 Å². The zero-order valence-corrected chi connectivity index (χ0v) is 12.6. The number of hydrogen-bond acceptors (Lipinski definition) is 4. The van der Waals surface area contributed by atoms with E-state index in [0.29, 0.717) is 24.2 Å². The normalized spacial score (nSPS) is 23.3. The first-order chi connectivity index (χ1) is 10.2. The van der Waals surface area contributed by atoms with Gasteiger partial charge in [-0.2, -0.15) is 4.98 Å². The van der Waals surface area contributed by atoms with Crippen LogP contribution in [0, 0.1) is 12.8 Å². The maximum absolute atomic E-state index is 12.5. The van der Waals surface area contributed by atoms with Crippen LogP contribution < -0.4 is 4.74 Å². The van der Waals surface area contributed by atoms with Crippen LogP contribution in [0.5, 0.6) is 5.88 Å². The summed E-state index contributed by atoms with van der Waals surface area (Å²) >= 11 is 0. The standard InChI is InChI=1S/C16H23N3O2/c1-12-17-9-8-15(18-12)21-14-7-4-10-19(11-14)16(20)13-5-2-3-6-13/h8-9,13-14H,2-7,10-11H2,1H3. The van der Waals surface area contributed by atoms with E-state index < -0.39 is 0 Å². The molecule has 5 heteroatoms. The van der Waals surface area contributed by atoms with Gasteiger partial charge in [-0.1, -0.05) is 12.8 Å². The molecule has 0 aromatic carbocycles. The van der Waals surface area contributed by atoms with Crippen molar-refractivity contribution in [1.82, 2.24) is 14.9 Å². The number of rotatable bonds is 3. The highest BCUT2D eigenvalue weighted by atomic mass is 16.5. The quantitative estimate of drug-likeness (QED) is 0.857. The third-order valence-corrected chi connectivity index (χ3v) is 4.43. The lowest BCUT2D eigenvalue weighted by molar-refractivity contribution is -0.138. The summed E-state index contributed by atoms with van der Waals surface area (Å²) in [5.41, 5.74) is 0. The molecule has 1 saturated carbocycles. The molecule has 0 spiro atoms. The molecular formula is C16H23N3O2. The van der Waals surface area contributed by atoms with Crippen molar-refractivity contribution in [3.63, 3.8) is 0 Å². The van der Waals surface area contributed by atoms with Crippen LogP contribution in [0.1, 0.15) is 44.3 Å². The second kappa shape index (κ2) is 6.41. The molecule has 1 saturated heterocycles. The number of hydrogen-bond donors (Lipinski definition) is 0. The van der Waals surface area contributed by atoms with Crippen molar-refractivity contribution in [3.05, 3.63) is 18.1 Å². The summed E-state index contributed by atoms with van der Waals surface area (Å²) in [5.74, 6) is 1.91. The number of aromatic nitrogens is 2. The molecule has 1 aromatic heterocycles. The number of nitrogens with zero attached hydrogens (tertiary/aromatic N) is 3. The summed E-state index contributed by atoms with van der Waals surface area (Å²) < 4.78 is 5.93. The Morgan fingerprint density at radius 3 is 2.86 bits per heavy atom. The second-order valence-corrected chi connectivity index (χ2v) is 6.09. The zero-order chi connectivity index (χ0) is 14.7. The maximum Gasteiger partial charge on any atom is 0.225 e. The van der Waals surface area contributed by atoms with Crippen molar-refractivity contribution in [2.75, 3.05) is 13.1 Å². The van der Waals surface area contributed by atoms with E-state index in [1.54, 1.807) is 12.3 Å². The molecule has 21 heavy (non-hydrogen) atoms. The summed E-state index contributed by atoms with van der Waals surface area (Å²) in [6, 6.07) is 1.78. The molecule has 3 rings (SSSR count). The van der Waals surface area contributed by atoms with Crippen molar-refractivity contribution in [1.29, 1.82) is 0 Å². The Kier molecular flexibility index (Phi) is 4.36.